The molecule has 2 aliphatic rings. The highest BCUT2D eigenvalue weighted by Gasteiger charge is 2.38. The van der Waals surface area contributed by atoms with Crippen molar-refractivity contribution in [3.63, 3.8) is 0 Å². The molecule has 0 aliphatic carbocycles. The number of aromatic amines is 1. The summed E-state index contributed by atoms with van der Waals surface area (Å²) in [5, 5.41) is 5.27. The van der Waals surface area contributed by atoms with Gasteiger partial charge >= 0.3 is 12.2 Å². The smallest absolute Gasteiger partial charge is 0.407 e. The molecule has 1 aromatic carbocycles. The van der Waals surface area contributed by atoms with Crippen molar-refractivity contribution in [2.45, 2.75) is 63.7 Å². The van der Waals surface area contributed by atoms with E-state index in [9.17, 15) is 19.2 Å². The number of alkyl carbamates (subject to hydrolysis) is 2. The number of allylic oxidation sites excluding steroid dienone is 3. The third kappa shape index (κ3) is 9.79. The number of benzene rings is 1. The van der Waals surface area contributed by atoms with Crippen LogP contribution in [0.5, 0.6) is 0 Å². The molecule has 1 aromatic heterocycles. The second kappa shape index (κ2) is 18.1. The number of carbonyl (C=O) groups excluding carboxylic acids is 4. The van der Waals surface area contributed by atoms with Crippen molar-refractivity contribution in [2.75, 3.05) is 27.3 Å². The molecule has 14 heteroatoms. The highest BCUT2D eigenvalue weighted by Crippen LogP contribution is 2.33. The average Bonchev–Trinajstić information content (AvgIpc) is 3.92. The molecule has 0 spiro atoms. The van der Waals surface area contributed by atoms with Crippen molar-refractivity contribution in [1.82, 2.24) is 30.4 Å². The average molecular weight is 697 g/mol. The quantitative estimate of drug-likeness (QED) is 0.126. The van der Waals surface area contributed by atoms with Crippen molar-refractivity contribution in [1.29, 1.82) is 0 Å². The molecule has 14 nitrogen and oxygen atoms in total. The molecule has 2 fully saturated rings. The first-order valence-electron chi connectivity index (χ1n) is 16.7. The lowest BCUT2D eigenvalue weighted by Gasteiger charge is -2.30. The van der Waals surface area contributed by atoms with Gasteiger partial charge in [0, 0.05) is 13.1 Å². The molecular weight excluding hydrogens is 652 g/mol. The van der Waals surface area contributed by atoms with Gasteiger partial charge in [0.25, 0.3) is 5.91 Å². The molecule has 268 valence electrons. The standard InChI is InChI=1S/C37H44N8O6/c1-6-14-26(40-32(38)28-19-12-21-44(28)34(46)30(24(2)3)42-36(48)50-4)17-10-11-18-27-23-39-33(41-27)29-20-13-22-45(29)35(47)31(43-37(49)51-5)25-15-8-7-9-16-25/h6-9,14-16,23-24,28-31H,1,12-13,19-22H2,2-5H3,(H2,38,40)(H,39,41)(H,42,48)(H,43,49)/b26-14-/t28-,29-,30-,31+/m0/s1. The van der Waals surface area contributed by atoms with Crippen molar-refractivity contribution >= 4 is 29.8 Å². The lowest BCUT2D eigenvalue weighted by molar-refractivity contribution is -0.135. The van der Waals surface area contributed by atoms with E-state index in [1.165, 1.54) is 20.3 Å². The number of ether oxygens (including phenoxy) is 2. The molecule has 4 rings (SSSR count). The topological polar surface area (TPSA) is 184 Å². The van der Waals surface area contributed by atoms with E-state index in [4.69, 9.17) is 15.2 Å². The minimum absolute atomic E-state index is 0.176. The van der Waals surface area contributed by atoms with Gasteiger partial charge in [-0.05, 0) is 66.9 Å². The molecule has 0 radical (unpaired) electrons. The van der Waals surface area contributed by atoms with Crippen LogP contribution in [-0.2, 0) is 19.1 Å². The minimum atomic E-state index is -0.920. The molecule has 51 heavy (non-hydrogen) atoms. The molecule has 3 heterocycles. The highest BCUT2D eigenvalue weighted by atomic mass is 16.5. The fourth-order valence-corrected chi connectivity index (χ4v) is 6.00. The van der Waals surface area contributed by atoms with Gasteiger partial charge in [0.1, 0.15) is 35.1 Å². The molecule has 0 bridgehead atoms. The summed E-state index contributed by atoms with van der Waals surface area (Å²) < 4.78 is 9.47. The molecule has 0 unspecified atom stereocenters. The van der Waals surface area contributed by atoms with Crippen LogP contribution < -0.4 is 16.4 Å². The summed E-state index contributed by atoms with van der Waals surface area (Å²) in [5.41, 5.74) is 7.86. The van der Waals surface area contributed by atoms with Gasteiger partial charge in [0.2, 0.25) is 5.91 Å². The van der Waals surface area contributed by atoms with Crippen LogP contribution in [-0.4, -0.2) is 89.0 Å². The van der Waals surface area contributed by atoms with Crippen LogP contribution >= 0.6 is 0 Å². The number of nitrogens with one attached hydrogen (secondary N) is 3. The zero-order valence-corrected chi connectivity index (χ0v) is 29.3. The number of nitrogens with two attached hydrogens (primary N) is 1. The molecule has 4 atom stereocenters. The predicted molar refractivity (Wildman–Crippen MR) is 190 cm³/mol. The van der Waals surface area contributed by atoms with E-state index in [0.717, 1.165) is 12.8 Å². The molecule has 0 saturated carbocycles. The third-order valence-corrected chi connectivity index (χ3v) is 8.52. The molecule has 2 aliphatic heterocycles. The summed E-state index contributed by atoms with van der Waals surface area (Å²) in [6, 6.07) is 6.49. The van der Waals surface area contributed by atoms with E-state index in [-0.39, 0.29) is 29.6 Å². The summed E-state index contributed by atoms with van der Waals surface area (Å²) in [6.07, 6.45) is 6.10. The number of carbonyl (C=O) groups is 4. The van der Waals surface area contributed by atoms with Gasteiger partial charge in [-0.2, -0.15) is 0 Å². The number of amidine groups is 1. The fourth-order valence-electron chi connectivity index (χ4n) is 6.00. The van der Waals surface area contributed by atoms with Gasteiger partial charge < -0.3 is 40.6 Å². The van der Waals surface area contributed by atoms with Gasteiger partial charge in [-0.1, -0.05) is 56.8 Å². The maximum absolute atomic E-state index is 13.7. The lowest BCUT2D eigenvalue weighted by atomic mass is 10.0. The number of likely N-dealkylation sites (tertiary alicyclic amines) is 2. The van der Waals surface area contributed by atoms with Gasteiger partial charge in [-0.3, -0.25) is 9.59 Å². The number of nitrogens with zero attached hydrogens (tertiary/aromatic N) is 4. The van der Waals surface area contributed by atoms with Crippen molar-refractivity contribution in [3.8, 4) is 23.7 Å². The van der Waals surface area contributed by atoms with Crippen molar-refractivity contribution < 1.29 is 28.7 Å². The van der Waals surface area contributed by atoms with Crippen LogP contribution in [0.2, 0.25) is 0 Å². The second-order valence-electron chi connectivity index (χ2n) is 12.2. The molecule has 2 saturated heterocycles. The fraction of sp³-hybridized carbons (Fsp3) is 0.405. The Morgan fingerprint density at radius 1 is 1.02 bits per heavy atom. The number of hydrogen-bond donors (Lipinski definition) is 4. The summed E-state index contributed by atoms with van der Waals surface area (Å²) in [4.78, 5) is 66.6. The van der Waals surface area contributed by atoms with Crippen molar-refractivity contribution in [2.24, 2.45) is 16.6 Å². The Kier molecular flexibility index (Phi) is 13.4. The van der Waals surface area contributed by atoms with E-state index >= 15 is 0 Å². The van der Waals surface area contributed by atoms with Crippen LogP contribution in [0.1, 0.15) is 68.7 Å². The third-order valence-electron chi connectivity index (χ3n) is 8.52. The molecule has 4 amide bonds. The second-order valence-corrected chi connectivity index (χ2v) is 12.2. The van der Waals surface area contributed by atoms with E-state index in [1.807, 2.05) is 19.9 Å². The number of H-pyrrole nitrogens is 1. The SMILES string of the molecule is C=C/C=C(/C#CC#Cc1cnc([C@@H]2CCCN2C(=O)[C@H](NC(=O)OC)c2ccccc2)[nH]1)N=C(N)[C@@H]1CCCN1C(=O)[C@@H](NC(=O)OC)C(C)C. The predicted octanol–water partition coefficient (Wildman–Crippen LogP) is 3.32. The Hall–Kier alpha value is -6.02. The van der Waals surface area contributed by atoms with Crippen molar-refractivity contribution in [3.05, 3.63) is 78.0 Å². The Bertz CT molecular complexity index is 1780. The van der Waals surface area contributed by atoms with Crippen LogP contribution in [0.25, 0.3) is 0 Å². The van der Waals surface area contributed by atoms with Crippen LogP contribution in [0.3, 0.4) is 0 Å². The lowest BCUT2D eigenvalue weighted by Crippen LogP contribution is -2.54. The van der Waals surface area contributed by atoms with Crippen LogP contribution in [0.4, 0.5) is 9.59 Å². The largest absolute Gasteiger partial charge is 0.453 e. The Morgan fingerprint density at radius 2 is 1.71 bits per heavy atom. The van der Waals surface area contributed by atoms with E-state index in [1.54, 1.807) is 46.3 Å². The summed E-state index contributed by atoms with van der Waals surface area (Å²) in [6.45, 7) is 8.38. The normalized spacial score (nSPS) is 18.5. The minimum Gasteiger partial charge on any atom is -0.453 e. The van der Waals surface area contributed by atoms with Gasteiger partial charge in [0.15, 0.2) is 0 Å². The number of imidazole rings is 1. The summed E-state index contributed by atoms with van der Waals surface area (Å²) in [7, 11) is 2.50. The number of amides is 4. The highest BCUT2D eigenvalue weighted by molar-refractivity contribution is 5.94. The molecular formula is C37H44N8O6. The van der Waals surface area contributed by atoms with E-state index in [2.05, 4.69) is 55.9 Å². The molecule has 5 N–H and O–H groups in total. The number of rotatable bonds is 10. The zero-order valence-electron chi connectivity index (χ0n) is 29.3. The number of methoxy groups -OCH3 is 2. The monoisotopic (exact) mass is 696 g/mol. The molecule has 2 aromatic rings. The summed E-state index contributed by atoms with van der Waals surface area (Å²) >= 11 is 0. The first-order chi connectivity index (χ1) is 24.6. The van der Waals surface area contributed by atoms with Crippen LogP contribution in [0.15, 0.2) is 65.9 Å². The number of aliphatic imine (C=N–C) groups is 1. The first kappa shape index (κ1) is 37.8. The van der Waals surface area contributed by atoms with Crippen LogP contribution in [0, 0.1) is 29.6 Å². The number of hydrogen-bond acceptors (Lipinski definition) is 8. The maximum atomic E-state index is 13.7. The number of aromatic nitrogens is 2. The van der Waals surface area contributed by atoms with E-state index < -0.39 is 30.3 Å². The van der Waals surface area contributed by atoms with Gasteiger partial charge in [-0.25, -0.2) is 19.6 Å². The Balaban J connectivity index is 1.46. The Labute approximate surface area is 297 Å². The zero-order chi connectivity index (χ0) is 36.9. The maximum Gasteiger partial charge on any atom is 0.407 e. The Morgan fingerprint density at radius 3 is 2.39 bits per heavy atom. The summed E-state index contributed by atoms with van der Waals surface area (Å²) in [5.74, 6) is 11.5. The van der Waals surface area contributed by atoms with Gasteiger partial charge in [-0.15, -0.1) is 0 Å². The van der Waals surface area contributed by atoms with Gasteiger partial charge in [0.05, 0.1) is 32.5 Å². The van der Waals surface area contributed by atoms with E-state index in [0.29, 0.717) is 48.7 Å². The first-order valence-corrected chi connectivity index (χ1v) is 16.7.